The molecule has 3 aromatic rings. The van der Waals surface area contributed by atoms with Crippen molar-refractivity contribution < 1.29 is 41.0 Å². The largest absolute Gasteiger partial charge is 0.490 e. The molecule has 2 N–H and O–H groups in total. The van der Waals surface area contributed by atoms with Gasteiger partial charge >= 0.3 is 6.18 Å². The number of alkyl halides is 3. The van der Waals surface area contributed by atoms with Crippen molar-refractivity contribution in [3.63, 3.8) is 0 Å². The van der Waals surface area contributed by atoms with Gasteiger partial charge in [-0.1, -0.05) is 36.8 Å². The van der Waals surface area contributed by atoms with E-state index >= 15 is 0 Å². The number of benzene rings is 3. The summed E-state index contributed by atoms with van der Waals surface area (Å²) in [5.41, 5.74) is 1.27. The topological polar surface area (TPSA) is 108 Å². The number of fused-ring (bicyclic) bond motifs is 1. The van der Waals surface area contributed by atoms with Crippen LogP contribution in [0.5, 0.6) is 5.75 Å². The van der Waals surface area contributed by atoms with Crippen molar-refractivity contribution in [1.29, 1.82) is 0 Å². The quantitative estimate of drug-likeness (QED) is 0.252. The molecule has 4 rings (SSSR count). The second-order valence-corrected chi connectivity index (χ2v) is 15.0. The minimum Gasteiger partial charge on any atom is -0.490 e. The van der Waals surface area contributed by atoms with Crippen molar-refractivity contribution in [1.82, 2.24) is 9.80 Å². The van der Waals surface area contributed by atoms with E-state index in [-0.39, 0.29) is 47.4 Å². The van der Waals surface area contributed by atoms with Crippen molar-refractivity contribution >= 4 is 21.6 Å². The molecule has 4 atom stereocenters. The van der Waals surface area contributed by atoms with Gasteiger partial charge in [-0.25, -0.2) is 8.42 Å². The highest BCUT2D eigenvalue weighted by atomic mass is 32.2. The minimum absolute atomic E-state index is 0.0815. The molecule has 0 fully saturated rings. The first-order valence-corrected chi connectivity index (χ1v) is 18.3. The summed E-state index contributed by atoms with van der Waals surface area (Å²) in [7, 11) is -2.09. The zero-order valence-electron chi connectivity index (χ0n) is 29.2. The Morgan fingerprint density at radius 2 is 1.72 bits per heavy atom. The van der Waals surface area contributed by atoms with Crippen LogP contribution in [0.3, 0.4) is 0 Å². The van der Waals surface area contributed by atoms with Gasteiger partial charge in [0, 0.05) is 37.8 Å². The second-order valence-electron chi connectivity index (χ2n) is 13.3. The van der Waals surface area contributed by atoms with Gasteiger partial charge in [-0.15, -0.1) is 0 Å². The molecule has 3 aromatic carbocycles. The molecular weight excluding hydrogens is 671 g/mol. The molecule has 1 heterocycles. The number of amides is 1. The third-order valence-corrected chi connectivity index (χ3v) is 10.3. The maximum atomic E-state index is 14.4. The van der Waals surface area contributed by atoms with E-state index in [1.807, 2.05) is 32.7 Å². The number of hydrogen-bond donors (Lipinski definition) is 2. The van der Waals surface area contributed by atoms with E-state index in [4.69, 9.17) is 9.47 Å². The molecule has 0 radical (unpaired) electrons. The van der Waals surface area contributed by atoms with Crippen molar-refractivity contribution in [2.45, 2.75) is 82.8 Å². The molecule has 1 aliphatic heterocycles. The average molecular weight is 720 g/mol. The van der Waals surface area contributed by atoms with Crippen LogP contribution in [-0.2, 0) is 27.5 Å². The van der Waals surface area contributed by atoms with Crippen LogP contribution in [-0.4, -0.2) is 80.8 Å². The Morgan fingerprint density at radius 3 is 2.36 bits per heavy atom. The Kier molecular flexibility index (Phi) is 13.3. The molecule has 9 nitrogen and oxygen atoms in total. The average Bonchev–Trinajstić information content (AvgIpc) is 3.06. The number of rotatable bonds is 9. The standard InChI is InChI=1S/C37H48F3N3O6S/c1-25-9-16-32(17-10-25)50(46,47)41-31-15-18-34-33(20-31)36(45)43(27(3)24-44)21-26(2)35(48-19-7-6-8-28(4)49-34)23-42(5)22-29-11-13-30(14-12-29)37(38,39)40/h9-18,20,26-28,35,41,44H,6-8,19,21-24H2,1-5H3/t26-,27-,28+,35+/m1/s1. The van der Waals surface area contributed by atoms with Gasteiger partial charge in [0.15, 0.2) is 0 Å². The number of aryl methyl sites for hydroxylation is 1. The van der Waals surface area contributed by atoms with Crippen LogP contribution in [0.1, 0.15) is 67.1 Å². The van der Waals surface area contributed by atoms with Gasteiger partial charge in [-0.3, -0.25) is 14.4 Å². The molecule has 0 bridgehead atoms. The number of sulfonamides is 1. The van der Waals surface area contributed by atoms with Crippen LogP contribution in [0.25, 0.3) is 0 Å². The Hall–Kier alpha value is -3.65. The lowest BCUT2D eigenvalue weighted by molar-refractivity contribution is -0.137. The number of aliphatic hydroxyl groups excluding tert-OH is 1. The number of carbonyl (C=O) groups is 1. The van der Waals surface area contributed by atoms with E-state index in [9.17, 15) is 31.5 Å². The monoisotopic (exact) mass is 719 g/mol. The SMILES string of the molecule is Cc1ccc(S(=O)(=O)Nc2ccc3c(c2)C(=O)N([C@H](C)CO)C[C@@H](C)[C@H](CN(C)Cc2ccc(C(F)(F)F)cc2)OCCCC[C@H](C)O3)cc1. The highest BCUT2D eigenvalue weighted by molar-refractivity contribution is 7.92. The summed E-state index contributed by atoms with van der Waals surface area (Å²) in [6.07, 6.45) is -2.76. The maximum Gasteiger partial charge on any atom is 0.416 e. The van der Waals surface area contributed by atoms with Crippen LogP contribution < -0.4 is 9.46 Å². The van der Waals surface area contributed by atoms with Crippen LogP contribution in [0.15, 0.2) is 71.6 Å². The van der Waals surface area contributed by atoms with Crippen molar-refractivity contribution in [3.05, 3.63) is 89.0 Å². The summed E-state index contributed by atoms with van der Waals surface area (Å²) < 4.78 is 80.9. The van der Waals surface area contributed by atoms with Crippen LogP contribution >= 0.6 is 0 Å². The maximum absolute atomic E-state index is 14.4. The summed E-state index contributed by atoms with van der Waals surface area (Å²) in [6.45, 7) is 8.65. The first kappa shape index (κ1) is 39.1. The third-order valence-electron chi connectivity index (χ3n) is 8.86. The number of halogens is 3. The van der Waals surface area contributed by atoms with E-state index < -0.39 is 33.7 Å². The molecule has 0 spiro atoms. The normalized spacial score (nSPS) is 20.5. The summed E-state index contributed by atoms with van der Waals surface area (Å²) in [6, 6.07) is 15.5. The van der Waals surface area contributed by atoms with Gasteiger partial charge in [0.25, 0.3) is 15.9 Å². The minimum atomic E-state index is -4.41. The lowest BCUT2D eigenvalue weighted by Crippen LogP contribution is -2.47. The van der Waals surface area contributed by atoms with Gasteiger partial charge < -0.3 is 19.5 Å². The van der Waals surface area contributed by atoms with E-state index in [1.54, 1.807) is 36.1 Å². The molecular formula is C37H48F3N3O6S. The predicted molar refractivity (Wildman–Crippen MR) is 187 cm³/mol. The fourth-order valence-electron chi connectivity index (χ4n) is 5.86. The van der Waals surface area contributed by atoms with Gasteiger partial charge in [0.2, 0.25) is 0 Å². The fraction of sp³-hybridized carbons (Fsp3) is 0.486. The van der Waals surface area contributed by atoms with Crippen LogP contribution in [0.4, 0.5) is 18.9 Å². The number of carbonyl (C=O) groups excluding carboxylic acids is 1. The zero-order valence-corrected chi connectivity index (χ0v) is 30.1. The van der Waals surface area contributed by atoms with Gasteiger partial charge in [0.1, 0.15) is 5.75 Å². The Bertz CT molecular complexity index is 1670. The van der Waals surface area contributed by atoms with Gasteiger partial charge in [-0.05, 0) is 95.1 Å². The number of ether oxygens (including phenoxy) is 2. The molecule has 1 aliphatic rings. The highest BCUT2D eigenvalue weighted by Gasteiger charge is 2.32. The number of nitrogens with zero attached hydrogens (tertiary/aromatic N) is 2. The fourth-order valence-corrected chi connectivity index (χ4v) is 6.91. The highest BCUT2D eigenvalue weighted by Crippen LogP contribution is 2.31. The summed E-state index contributed by atoms with van der Waals surface area (Å²) >= 11 is 0. The predicted octanol–water partition coefficient (Wildman–Crippen LogP) is 6.74. The molecule has 13 heteroatoms. The Balaban J connectivity index is 1.61. The van der Waals surface area contributed by atoms with Gasteiger partial charge in [-0.2, -0.15) is 13.2 Å². The molecule has 1 amide bonds. The number of likely N-dealkylation sites (N-methyl/N-ethyl adjacent to an activating group) is 1. The summed E-state index contributed by atoms with van der Waals surface area (Å²) in [5.74, 6) is -0.354. The first-order valence-electron chi connectivity index (χ1n) is 16.9. The first-order chi connectivity index (χ1) is 23.6. The Morgan fingerprint density at radius 1 is 1.04 bits per heavy atom. The van der Waals surface area contributed by atoms with E-state index in [0.29, 0.717) is 31.9 Å². The number of nitrogens with one attached hydrogen (secondary N) is 1. The van der Waals surface area contributed by atoms with Crippen molar-refractivity contribution in [2.24, 2.45) is 5.92 Å². The molecule has 50 heavy (non-hydrogen) atoms. The number of aliphatic hydroxyl groups is 1. The molecule has 0 saturated heterocycles. The lowest BCUT2D eigenvalue weighted by Gasteiger charge is -2.36. The summed E-state index contributed by atoms with van der Waals surface area (Å²) in [4.78, 5) is 18.0. The van der Waals surface area contributed by atoms with Gasteiger partial charge in [0.05, 0.1) is 40.9 Å². The lowest BCUT2D eigenvalue weighted by atomic mass is 10.0. The zero-order chi connectivity index (χ0) is 36.6. The number of anilines is 1. The van der Waals surface area contributed by atoms with Crippen LogP contribution in [0.2, 0.25) is 0 Å². The molecule has 0 unspecified atom stereocenters. The summed E-state index contributed by atoms with van der Waals surface area (Å²) in [5, 5.41) is 10.2. The second kappa shape index (κ2) is 17.0. The third kappa shape index (κ3) is 10.7. The molecule has 0 aromatic heterocycles. The van der Waals surface area contributed by atoms with Crippen molar-refractivity contribution in [3.8, 4) is 5.75 Å². The van der Waals surface area contributed by atoms with Crippen molar-refractivity contribution in [2.75, 3.05) is 38.1 Å². The molecule has 274 valence electrons. The Labute approximate surface area is 293 Å². The van der Waals surface area contributed by atoms with E-state index in [1.165, 1.54) is 30.3 Å². The van der Waals surface area contributed by atoms with E-state index in [2.05, 4.69) is 4.72 Å². The number of hydrogen-bond acceptors (Lipinski definition) is 7. The molecule has 0 saturated carbocycles. The van der Waals surface area contributed by atoms with E-state index in [0.717, 1.165) is 36.1 Å². The molecule has 0 aliphatic carbocycles. The smallest absolute Gasteiger partial charge is 0.416 e. The van der Waals surface area contributed by atoms with Crippen LogP contribution in [0, 0.1) is 12.8 Å².